The molecular formula is C10H19N3S. The van der Waals surface area contributed by atoms with Crippen molar-refractivity contribution in [3.8, 4) is 0 Å². The summed E-state index contributed by atoms with van der Waals surface area (Å²) < 4.78 is 3.98. The Balaban J connectivity index is 2.62. The van der Waals surface area contributed by atoms with Gasteiger partial charge in [0.25, 0.3) is 0 Å². The molecule has 0 spiro atoms. The predicted molar refractivity (Wildman–Crippen MR) is 60.6 cm³/mol. The first kappa shape index (κ1) is 11.6. The fourth-order valence-corrected chi connectivity index (χ4v) is 2.24. The van der Waals surface area contributed by atoms with Crippen LogP contribution in [-0.2, 0) is 0 Å². The Bertz CT molecular complexity index is 260. The molecule has 0 saturated heterocycles. The zero-order chi connectivity index (χ0) is 10.4. The molecule has 0 aliphatic heterocycles. The number of aromatic nitrogens is 2. The Labute approximate surface area is 90.1 Å². The summed E-state index contributed by atoms with van der Waals surface area (Å²) in [5.41, 5.74) is 1.08. The monoisotopic (exact) mass is 213 g/mol. The first-order valence-corrected chi connectivity index (χ1v) is 6.09. The molecule has 14 heavy (non-hydrogen) atoms. The topological polar surface area (TPSA) is 37.8 Å². The third-order valence-electron chi connectivity index (χ3n) is 2.22. The molecule has 1 aromatic rings. The van der Waals surface area contributed by atoms with Crippen molar-refractivity contribution in [1.29, 1.82) is 0 Å². The van der Waals surface area contributed by atoms with E-state index in [2.05, 4.69) is 28.8 Å². The minimum Gasteiger partial charge on any atom is -0.309 e. The third-order valence-corrected chi connectivity index (χ3v) is 3.16. The molecule has 1 rings (SSSR count). The van der Waals surface area contributed by atoms with Crippen LogP contribution in [0.25, 0.3) is 0 Å². The molecule has 0 amide bonds. The van der Waals surface area contributed by atoms with Crippen LogP contribution in [0, 0.1) is 6.92 Å². The lowest BCUT2D eigenvalue weighted by atomic mass is 10.1. The van der Waals surface area contributed by atoms with Crippen molar-refractivity contribution in [3.63, 3.8) is 0 Å². The average Bonchev–Trinajstić information content (AvgIpc) is 2.59. The van der Waals surface area contributed by atoms with Crippen LogP contribution < -0.4 is 5.32 Å². The predicted octanol–water partition coefficient (Wildman–Crippen LogP) is 2.69. The summed E-state index contributed by atoms with van der Waals surface area (Å²) in [5.74, 6) is 0. The van der Waals surface area contributed by atoms with E-state index < -0.39 is 0 Å². The molecule has 1 aromatic heterocycles. The maximum absolute atomic E-state index is 4.06. The molecule has 0 aliphatic rings. The Kier molecular flexibility index (Phi) is 5.04. The lowest BCUT2D eigenvalue weighted by Crippen LogP contribution is -2.21. The quantitative estimate of drug-likeness (QED) is 0.789. The van der Waals surface area contributed by atoms with Gasteiger partial charge in [0, 0.05) is 6.04 Å². The Morgan fingerprint density at radius 1 is 1.36 bits per heavy atom. The Morgan fingerprint density at radius 3 is 2.64 bits per heavy atom. The second-order valence-corrected chi connectivity index (χ2v) is 4.30. The second kappa shape index (κ2) is 6.09. The highest BCUT2D eigenvalue weighted by atomic mass is 32.1. The fourth-order valence-electron chi connectivity index (χ4n) is 1.49. The Morgan fingerprint density at radius 2 is 2.14 bits per heavy atom. The molecular weight excluding hydrogens is 194 g/mol. The molecule has 1 N–H and O–H groups in total. The molecule has 0 saturated carbocycles. The largest absolute Gasteiger partial charge is 0.309 e. The molecule has 0 bridgehead atoms. The number of aryl methyl sites for hydroxylation is 1. The zero-order valence-corrected chi connectivity index (χ0v) is 10.0. The zero-order valence-electron chi connectivity index (χ0n) is 9.21. The van der Waals surface area contributed by atoms with Crippen LogP contribution in [0.5, 0.6) is 0 Å². The van der Waals surface area contributed by atoms with Crippen molar-refractivity contribution in [2.24, 2.45) is 0 Å². The molecule has 0 radical (unpaired) electrons. The van der Waals surface area contributed by atoms with Gasteiger partial charge in [-0.2, -0.15) is 0 Å². The summed E-state index contributed by atoms with van der Waals surface area (Å²) >= 11 is 1.52. The highest BCUT2D eigenvalue weighted by molar-refractivity contribution is 7.05. The first-order chi connectivity index (χ1) is 6.79. The van der Waals surface area contributed by atoms with Crippen LogP contribution >= 0.6 is 11.5 Å². The van der Waals surface area contributed by atoms with Gasteiger partial charge in [-0.05, 0) is 37.8 Å². The maximum atomic E-state index is 4.06. The summed E-state index contributed by atoms with van der Waals surface area (Å²) in [6.45, 7) is 7.51. The van der Waals surface area contributed by atoms with Gasteiger partial charge in [-0.15, -0.1) is 5.10 Å². The SMILES string of the molecule is CCCNC(CCC)c1snnc1C. The van der Waals surface area contributed by atoms with Gasteiger partial charge < -0.3 is 5.32 Å². The van der Waals surface area contributed by atoms with E-state index in [1.165, 1.54) is 35.7 Å². The normalized spacial score (nSPS) is 13.1. The van der Waals surface area contributed by atoms with Crippen molar-refractivity contribution in [3.05, 3.63) is 10.6 Å². The molecule has 1 atom stereocenters. The highest BCUT2D eigenvalue weighted by Gasteiger charge is 2.14. The highest BCUT2D eigenvalue weighted by Crippen LogP contribution is 2.23. The summed E-state index contributed by atoms with van der Waals surface area (Å²) in [5, 5.41) is 7.60. The molecule has 4 heteroatoms. The summed E-state index contributed by atoms with van der Waals surface area (Å²) in [6, 6.07) is 0.458. The maximum Gasteiger partial charge on any atom is 0.0772 e. The van der Waals surface area contributed by atoms with Gasteiger partial charge in [0.1, 0.15) is 0 Å². The van der Waals surface area contributed by atoms with E-state index in [1.807, 2.05) is 6.92 Å². The van der Waals surface area contributed by atoms with Gasteiger partial charge in [0.15, 0.2) is 0 Å². The lowest BCUT2D eigenvalue weighted by Gasteiger charge is -2.15. The molecule has 0 fully saturated rings. The van der Waals surface area contributed by atoms with E-state index >= 15 is 0 Å². The fraction of sp³-hybridized carbons (Fsp3) is 0.800. The van der Waals surface area contributed by atoms with E-state index in [-0.39, 0.29) is 0 Å². The van der Waals surface area contributed by atoms with Crippen molar-refractivity contribution in [1.82, 2.24) is 14.9 Å². The van der Waals surface area contributed by atoms with Gasteiger partial charge in [-0.25, -0.2) is 0 Å². The molecule has 3 nitrogen and oxygen atoms in total. The first-order valence-electron chi connectivity index (χ1n) is 5.31. The van der Waals surface area contributed by atoms with Gasteiger partial charge in [0.05, 0.1) is 10.6 Å². The van der Waals surface area contributed by atoms with E-state index in [4.69, 9.17) is 0 Å². The summed E-state index contributed by atoms with van der Waals surface area (Å²) in [6.07, 6.45) is 3.54. The average molecular weight is 213 g/mol. The summed E-state index contributed by atoms with van der Waals surface area (Å²) in [4.78, 5) is 1.31. The van der Waals surface area contributed by atoms with Crippen LogP contribution in [0.1, 0.15) is 49.7 Å². The number of nitrogens with one attached hydrogen (secondary N) is 1. The minimum atomic E-state index is 0.458. The smallest absolute Gasteiger partial charge is 0.0772 e. The van der Waals surface area contributed by atoms with Crippen molar-refractivity contribution in [2.45, 2.75) is 46.1 Å². The number of hydrogen-bond acceptors (Lipinski definition) is 4. The summed E-state index contributed by atoms with van der Waals surface area (Å²) in [7, 11) is 0. The van der Waals surface area contributed by atoms with Crippen LogP contribution in [0.4, 0.5) is 0 Å². The van der Waals surface area contributed by atoms with E-state index in [0.717, 1.165) is 12.2 Å². The molecule has 1 unspecified atom stereocenters. The third kappa shape index (κ3) is 3.03. The van der Waals surface area contributed by atoms with Crippen molar-refractivity contribution in [2.75, 3.05) is 6.54 Å². The van der Waals surface area contributed by atoms with Crippen LogP contribution in [0.2, 0.25) is 0 Å². The minimum absolute atomic E-state index is 0.458. The standard InChI is InChI=1S/C10H19N3S/c1-4-6-9(11-7-5-2)10-8(3)12-13-14-10/h9,11H,4-7H2,1-3H3. The van der Waals surface area contributed by atoms with Crippen molar-refractivity contribution < 1.29 is 0 Å². The number of hydrogen-bond donors (Lipinski definition) is 1. The second-order valence-electron chi connectivity index (χ2n) is 3.52. The molecule has 80 valence electrons. The van der Waals surface area contributed by atoms with Crippen LogP contribution in [0.3, 0.4) is 0 Å². The van der Waals surface area contributed by atoms with Gasteiger partial charge in [-0.3, -0.25) is 0 Å². The van der Waals surface area contributed by atoms with Crippen molar-refractivity contribution >= 4 is 11.5 Å². The van der Waals surface area contributed by atoms with Crippen LogP contribution in [-0.4, -0.2) is 16.1 Å². The van der Waals surface area contributed by atoms with Gasteiger partial charge >= 0.3 is 0 Å². The van der Waals surface area contributed by atoms with E-state index in [0.29, 0.717) is 6.04 Å². The number of nitrogens with zero attached hydrogens (tertiary/aromatic N) is 2. The Hall–Kier alpha value is -0.480. The molecule has 0 aromatic carbocycles. The van der Waals surface area contributed by atoms with Gasteiger partial charge in [0.2, 0.25) is 0 Å². The van der Waals surface area contributed by atoms with Crippen LogP contribution in [0.15, 0.2) is 0 Å². The number of rotatable bonds is 6. The van der Waals surface area contributed by atoms with E-state index in [9.17, 15) is 0 Å². The molecule has 0 aliphatic carbocycles. The molecule has 1 heterocycles. The van der Waals surface area contributed by atoms with E-state index in [1.54, 1.807) is 0 Å². The lowest BCUT2D eigenvalue weighted by molar-refractivity contribution is 0.498. The van der Waals surface area contributed by atoms with Gasteiger partial charge in [-0.1, -0.05) is 24.8 Å².